The van der Waals surface area contributed by atoms with Gasteiger partial charge in [0.05, 0.1) is 36.7 Å². The first kappa shape index (κ1) is 14.5. The molecule has 3 N–H and O–H groups in total. The smallest absolute Gasteiger partial charge is 0.213 e. The van der Waals surface area contributed by atoms with Gasteiger partial charge in [-0.25, -0.2) is 4.98 Å². The first-order chi connectivity index (χ1) is 11.3. The van der Waals surface area contributed by atoms with E-state index in [1.54, 1.807) is 4.90 Å². The Morgan fingerprint density at radius 3 is 2.83 bits per heavy atom. The lowest BCUT2D eigenvalue weighted by atomic mass is 10.0. The summed E-state index contributed by atoms with van der Waals surface area (Å²) in [6.45, 7) is 6.07. The van der Waals surface area contributed by atoms with Crippen molar-refractivity contribution in [2.24, 2.45) is 0 Å². The first-order valence-corrected chi connectivity index (χ1v) is 8.77. The van der Waals surface area contributed by atoms with E-state index in [9.17, 15) is 0 Å². The number of fused-ring (bicyclic) bond motifs is 2. The molecule has 0 saturated carbocycles. The predicted octanol–water partition coefficient (Wildman–Crippen LogP) is 2.29. The van der Waals surface area contributed by atoms with Crippen molar-refractivity contribution in [3.63, 3.8) is 0 Å². The molecule has 23 heavy (non-hydrogen) atoms. The van der Waals surface area contributed by atoms with E-state index in [0.29, 0.717) is 6.04 Å². The number of hydrogen-bond donors (Lipinski definition) is 2. The molecule has 2 aromatic carbocycles. The average Bonchev–Trinajstić information content (AvgIpc) is 2.60. The zero-order valence-corrected chi connectivity index (χ0v) is 13.7. The number of rotatable bonds is 3. The van der Waals surface area contributed by atoms with Crippen LogP contribution in [-0.4, -0.2) is 25.7 Å². The molecule has 0 amide bonds. The molecule has 0 radical (unpaired) electrons. The van der Waals surface area contributed by atoms with Gasteiger partial charge in [-0.15, -0.1) is 0 Å². The molecular weight excluding hydrogens is 282 g/mol. The van der Waals surface area contributed by atoms with Crippen LogP contribution in [0.2, 0.25) is 0 Å². The number of likely N-dealkylation sites (N-methyl/N-ethyl adjacent to an activating group) is 1. The lowest BCUT2D eigenvalue weighted by Gasteiger charge is -2.30. The number of nitrogens with one attached hydrogen (secondary N) is 3. The number of pyridine rings is 1. The topological polar surface area (TPSA) is 30.6 Å². The molecule has 1 unspecified atom stereocenters. The molecule has 0 aliphatic carbocycles. The Bertz CT molecular complexity index is 827. The highest BCUT2D eigenvalue weighted by Gasteiger charge is 2.22. The minimum Gasteiger partial charge on any atom is -0.376 e. The highest BCUT2D eigenvalue weighted by atomic mass is 15.2. The van der Waals surface area contributed by atoms with Crippen LogP contribution >= 0.6 is 0 Å². The van der Waals surface area contributed by atoms with Crippen molar-refractivity contribution >= 4 is 27.4 Å². The summed E-state index contributed by atoms with van der Waals surface area (Å²) in [6.07, 6.45) is 4.64. The zero-order chi connectivity index (χ0) is 15.6. The van der Waals surface area contributed by atoms with Crippen LogP contribution in [-0.2, 0) is 0 Å². The van der Waals surface area contributed by atoms with Crippen LogP contribution in [0.5, 0.6) is 0 Å². The second kappa shape index (κ2) is 6.17. The minimum atomic E-state index is 0.579. The third kappa shape index (κ3) is 2.89. The van der Waals surface area contributed by atoms with E-state index in [2.05, 4.69) is 59.7 Å². The number of likely N-dealkylation sites (tertiary alicyclic amines) is 1. The monoisotopic (exact) mass is 307 g/mol. The van der Waals surface area contributed by atoms with E-state index >= 15 is 0 Å². The van der Waals surface area contributed by atoms with Crippen LogP contribution in [0.25, 0.3) is 21.7 Å². The molecule has 118 valence electrons. The summed E-state index contributed by atoms with van der Waals surface area (Å²) in [7, 11) is 0. The number of piperidine rings is 1. The normalized spacial score (nSPS) is 21.6. The Labute approximate surface area is 137 Å². The summed E-state index contributed by atoms with van der Waals surface area (Å²) in [5.41, 5.74) is 2.45. The fourth-order valence-electron chi connectivity index (χ4n) is 3.83. The lowest BCUT2D eigenvalue weighted by molar-refractivity contribution is -0.903. The number of aromatic amines is 1. The molecule has 3 heteroatoms. The van der Waals surface area contributed by atoms with Crippen molar-refractivity contribution in [2.75, 3.05) is 25.0 Å². The number of benzene rings is 2. The van der Waals surface area contributed by atoms with Gasteiger partial charge in [-0.2, -0.15) is 0 Å². The second-order valence-electron chi connectivity index (χ2n) is 6.68. The summed E-state index contributed by atoms with van der Waals surface area (Å²) in [4.78, 5) is 5.11. The molecule has 2 atom stereocenters. The van der Waals surface area contributed by atoms with Crippen molar-refractivity contribution in [3.05, 3.63) is 48.7 Å². The highest BCUT2D eigenvalue weighted by Crippen LogP contribution is 2.26. The Morgan fingerprint density at radius 1 is 1.17 bits per heavy atom. The summed E-state index contributed by atoms with van der Waals surface area (Å²) < 4.78 is 0. The first-order valence-electron chi connectivity index (χ1n) is 8.77. The van der Waals surface area contributed by atoms with Gasteiger partial charge >= 0.3 is 0 Å². The van der Waals surface area contributed by atoms with Crippen molar-refractivity contribution in [2.45, 2.75) is 25.8 Å². The van der Waals surface area contributed by atoms with E-state index < -0.39 is 0 Å². The van der Waals surface area contributed by atoms with Gasteiger partial charge in [0.1, 0.15) is 0 Å². The maximum atomic E-state index is 3.81. The molecule has 2 heterocycles. The van der Waals surface area contributed by atoms with Crippen LogP contribution in [0.4, 0.5) is 5.69 Å². The molecule has 1 aliphatic rings. The summed E-state index contributed by atoms with van der Waals surface area (Å²) in [5, 5.41) is 7.68. The molecule has 3 nitrogen and oxygen atoms in total. The molecule has 0 spiro atoms. The molecule has 4 rings (SSSR count). The maximum Gasteiger partial charge on any atom is 0.213 e. The minimum absolute atomic E-state index is 0.579. The second-order valence-corrected chi connectivity index (χ2v) is 6.68. The molecule has 1 aromatic heterocycles. The Hall–Kier alpha value is -2.13. The number of anilines is 1. The van der Waals surface area contributed by atoms with Gasteiger partial charge in [0, 0.05) is 12.1 Å². The van der Waals surface area contributed by atoms with Crippen LogP contribution < -0.4 is 15.2 Å². The quantitative estimate of drug-likeness (QED) is 0.715. The van der Waals surface area contributed by atoms with E-state index in [1.165, 1.54) is 59.8 Å². The summed E-state index contributed by atoms with van der Waals surface area (Å²) in [6, 6.07) is 15.9. The van der Waals surface area contributed by atoms with E-state index in [4.69, 9.17) is 0 Å². The van der Waals surface area contributed by atoms with Gasteiger partial charge in [-0.3, -0.25) is 0 Å². The maximum absolute atomic E-state index is 3.81. The van der Waals surface area contributed by atoms with Gasteiger partial charge in [0.25, 0.3) is 0 Å². The van der Waals surface area contributed by atoms with Crippen molar-refractivity contribution < 1.29 is 9.88 Å². The Balaban J connectivity index is 1.70. The molecule has 1 fully saturated rings. The van der Waals surface area contributed by atoms with Crippen molar-refractivity contribution in [1.29, 1.82) is 0 Å². The molecule has 1 saturated heterocycles. The van der Waals surface area contributed by atoms with Gasteiger partial charge in [0.2, 0.25) is 5.52 Å². The van der Waals surface area contributed by atoms with Crippen molar-refractivity contribution in [3.8, 4) is 0 Å². The van der Waals surface area contributed by atoms with Crippen LogP contribution in [0, 0.1) is 0 Å². The van der Waals surface area contributed by atoms with Gasteiger partial charge in [-0.05, 0) is 36.6 Å². The van der Waals surface area contributed by atoms with Crippen LogP contribution in [0.3, 0.4) is 0 Å². The van der Waals surface area contributed by atoms with Crippen molar-refractivity contribution in [1.82, 2.24) is 0 Å². The Kier molecular flexibility index (Phi) is 3.88. The lowest BCUT2D eigenvalue weighted by Crippen LogP contribution is -3.14. The van der Waals surface area contributed by atoms with Crippen LogP contribution in [0.15, 0.2) is 48.7 Å². The third-order valence-corrected chi connectivity index (χ3v) is 5.14. The molecule has 0 bridgehead atoms. The highest BCUT2D eigenvalue weighted by molar-refractivity contribution is 6.00. The number of H-pyrrole nitrogens is 1. The predicted molar refractivity (Wildman–Crippen MR) is 95.9 cm³/mol. The van der Waals surface area contributed by atoms with E-state index in [0.717, 1.165) is 0 Å². The number of aromatic nitrogens is 1. The Morgan fingerprint density at radius 2 is 2.00 bits per heavy atom. The zero-order valence-electron chi connectivity index (χ0n) is 13.7. The fourth-order valence-corrected chi connectivity index (χ4v) is 3.83. The fraction of sp³-hybridized carbons (Fsp3) is 0.350. The standard InChI is InChI=1S/C20H23N3/c1-2-23-11-5-8-17(14-23)22-19-9-10-21-20-13-16-7-4-3-6-15(16)12-18(19)20/h3-4,6-7,9-10,12-13,17H,2,5,8,11,14H2,1H3,(H,21,22)/p+2/t17-/m1/s1. The van der Waals surface area contributed by atoms with Gasteiger partial charge in [0.15, 0.2) is 6.20 Å². The summed E-state index contributed by atoms with van der Waals surface area (Å²) >= 11 is 0. The number of hydrogen-bond acceptors (Lipinski definition) is 1. The molecule has 3 aromatic rings. The van der Waals surface area contributed by atoms with Gasteiger partial charge in [-0.1, -0.05) is 24.3 Å². The summed E-state index contributed by atoms with van der Waals surface area (Å²) in [5.74, 6) is 0. The third-order valence-electron chi connectivity index (χ3n) is 5.14. The molecule has 1 aliphatic heterocycles. The number of quaternary nitrogens is 1. The average molecular weight is 307 g/mol. The van der Waals surface area contributed by atoms with E-state index in [-0.39, 0.29) is 0 Å². The van der Waals surface area contributed by atoms with Crippen LogP contribution in [0.1, 0.15) is 19.8 Å². The van der Waals surface area contributed by atoms with Gasteiger partial charge < -0.3 is 10.2 Å². The van der Waals surface area contributed by atoms with E-state index in [1.807, 2.05) is 6.20 Å². The molecular formula is C20H25N3+2. The largest absolute Gasteiger partial charge is 0.376 e. The SMILES string of the molecule is CC[NH+]1CCC[C@@H](Nc2cc[nH+]c3cc4ccccc4cc23)C1.